The number of benzene rings is 1. The van der Waals surface area contributed by atoms with Crippen molar-refractivity contribution in [3.8, 4) is 11.6 Å². The van der Waals surface area contributed by atoms with Crippen LogP contribution < -0.4 is 10.5 Å². The molecular formula is C12H8BrClN2O2. The van der Waals surface area contributed by atoms with Gasteiger partial charge in [0.1, 0.15) is 10.8 Å². The highest BCUT2D eigenvalue weighted by atomic mass is 79.9. The normalized spacial score (nSPS) is 10.1. The summed E-state index contributed by atoms with van der Waals surface area (Å²) in [6.07, 6.45) is 1.57. The number of pyridine rings is 1. The zero-order chi connectivity index (χ0) is 13.1. The third-order valence-corrected chi connectivity index (χ3v) is 2.81. The molecule has 1 amide bonds. The van der Waals surface area contributed by atoms with E-state index >= 15 is 0 Å². The zero-order valence-electron chi connectivity index (χ0n) is 9.06. The second-order valence-electron chi connectivity index (χ2n) is 3.43. The fourth-order valence-electron chi connectivity index (χ4n) is 1.30. The maximum atomic E-state index is 11.0. The molecule has 6 heteroatoms. The minimum atomic E-state index is -0.518. The molecule has 92 valence electrons. The Morgan fingerprint density at radius 2 is 2.17 bits per heavy atom. The van der Waals surface area contributed by atoms with Gasteiger partial charge in [0.15, 0.2) is 0 Å². The molecule has 0 aliphatic rings. The lowest BCUT2D eigenvalue weighted by Gasteiger charge is -2.07. The van der Waals surface area contributed by atoms with Crippen molar-refractivity contribution in [2.75, 3.05) is 0 Å². The number of halogens is 2. The minimum Gasteiger partial charge on any atom is -0.438 e. The van der Waals surface area contributed by atoms with E-state index in [-0.39, 0.29) is 5.88 Å². The van der Waals surface area contributed by atoms with E-state index in [1.165, 1.54) is 6.07 Å². The lowest BCUT2D eigenvalue weighted by Crippen LogP contribution is -2.10. The van der Waals surface area contributed by atoms with E-state index in [9.17, 15) is 4.79 Å². The monoisotopic (exact) mass is 326 g/mol. The number of amides is 1. The second kappa shape index (κ2) is 5.37. The summed E-state index contributed by atoms with van der Waals surface area (Å²) in [5.41, 5.74) is 5.55. The molecule has 0 aliphatic heterocycles. The Bertz CT molecular complexity index is 604. The van der Waals surface area contributed by atoms with Crippen LogP contribution in [0, 0.1) is 0 Å². The average molecular weight is 328 g/mol. The maximum absolute atomic E-state index is 11.0. The van der Waals surface area contributed by atoms with Gasteiger partial charge < -0.3 is 10.5 Å². The van der Waals surface area contributed by atoms with Crippen molar-refractivity contribution in [1.29, 1.82) is 0 Å². The number of hydrogen-bond donors (Lipinski definition) is 1. The topological polar surface area (TPSA) is 65.2 Å². The van der Waals surface area contributed by atoms with Crippen LogP contribution in [-0.2, 0) is 0 Å². The van der Waals surface area contributed by atoms with Crippen LogP contribution >= 0.6 is 27.5 Å². The molecule has 0 fully saturated rings. The van der Waals surface area contributed by atoms with Gasteiger partial charge in [0, 0.05) is 16.2 Å². The van der Waals surface area contributed by atoms with Gasteiger partial charge in [0.25, 0.3) is 0 Å². The van der Waals surface area contributed by atoms with Crippen LogP contribution in [0.4, 0.5) is 0 Å². The summed E-state index contributed by atoms with van der Waals surface area (Å²) in [7, 11) is 0. The van der Waals surface area contributed by atoms with Gasteiger partial charge >= 0.3 is 0 Å². The molecule has 2 N–H and O–H groups in total. The van der Waals surface area contributed by atoms with E-state index in [4.69, 9.17) is 22.1 Å². The molecule has 0 unspecified atom stereocenters. The first kappa shape index (κ1) is 12.9. The molecule has 0 radical (unpaired) electrons. The number of nitrogens with two attached hydrogens (primary N) is 1. The molecule has 0 spiro atoms. The molecule has 1 heterocycles. The van der Waals surface area contributed by atoms with Crippen molar-refractivity contribution in [3.63, 3.8) is 0 Å². The third-order valence-electron chi connectivity index (χ3n) is 2.11. The number of hydrogen-bond acceptors (Lipinski definition) is 3. The van der Waals surface area contributed by atoms with Crippen molar-refractivity contribution < 1.29 is 9.53 Å². The summed E-state index contributed by atoms with van der Waals surface area (Å²) < 4.78 is 6.24. The molecular weight excluding hydrogens is 320 g/mol. The molecule has 0 bridgehead atoms. The average Bonchev–Trinajstić information content (AvgIpc) is 2.33. The summed E-state index contributed by atoms with van der Waals surface area (Å²) in [6.45, 7) is 0. The maximum Gasteiger partial charge on any atom is 0.248 e. The first-order valence-electron chi connectivity index (χ1n) is 4.95. The SMILES string of the molecule is NC(=O)c1cccc(Oc2ncc(Br)cc2Cl)c1. The number of aromatic nitrogens is 1. The van der Waals surface area contributed by atoms with E-state index < -0.39 is 5.91 Å². The van der Waals surface area contributed by atoms with E-state index in [0.29, 0.717) is 16.3 Å². The van der Waals surface area contributed by atoms with Gasteiger partial charge in [-0.3, -0.25) is 4.79 Å². The summed E-state index contributed by atoms with van der Waals surface area (Å²) in [4.78, 5) is 15.1. The van der Waals surface area contributed by atoms with Crippen LogP contribution in [0.2, 0.25) is 5.02 Å². The Hall–Kier alpha value is -1.59. The number of carbonyl (C=O) groups is 1. The summed E-state index contributed by atoms with van der Waals surface area (Å²) >= 11 is 9.22. The molecule has 1 aromatic carbocycles. The van der Waals surface area contributed by atoms with Crippen LogP contribution in [0.3, 0.4) is 0 Å². The molecule has 1 aromatic heterocycles. The lowest BCUT2D eigenvalue weighted by molar-refractivity contribution is 0.1000. The van der Waals surface area contributed by atoms with Crippen molar-refractivity contribution >= 4 is 33.4 Å². The van der Waals surface area contributed by atoms with Gasteiger partial charge in [-0.2, -0.15) is 0 Å². The highest BCUT2D eigenvalue weighted by molar-refractivity contribution is 9.10. The number of ether oxygens (including phenoxy) is 1. The van der Waals surface area contributed by atoms with Crippen molar-refractivity contribution in [2.45, 2.75) is 0 Å². The van der Waals surface area contributed by atoms with E-state index in [2.05, 4.69) is 20.9 Å². The molecule has 2 rings (SSSR count). The third kappa shape index (κ3) is 3.00. The number of primary amides is 1. The number of carbonyl (C=O) groups excluding carboxylic acids is 1. The van der Waals surface area contributed by atoms with Crippen molar-refractivity contribution in [2.24, 2.45) is 5.73 Å². The van der Waals surface area contributed by atoms with Gasteiger partial charge in [-0.15, -0.1) is 0 Å². The van der Waals surface area contributed by atoms with E-state index in [0.717, 1.165) is 4.47 Å². The molecule has 18 heavy (non-hydrogen) atoms. The summed E-state index contributed by atoms with van der Waals surface area (Å²) in [5, 5.41) is 0.369. The van der Waals surface area contributed by atoms with Crippen LogP contribution in [0.15, 0.2) is 41.0 Å². The highest BCUT2D eigenvalue weighted by Gasteiger charge is 2.07. The first-order chi connectivity index (χ1) is 8.56. The summed E-state index contributed by atoms with van der Waals surface area (Å²) in [5.74, 6) is 0.194. The predicted molar refractivity (Wildman–Crippen MR) is 72.0 cm³/mol. The second-order valence-corrected chi connectivity index (χ2v) is 4.76. The predicted octanol–water partition coefficient (Wildman–Crippen LogP) is 3.39. The first-order valence-corrected chi connectivity index (χ1v) is 6.12. The van der Waals surface area contributed by atoms with Gasteiger partial charge in [0.2, 0.25) is 11.8 Å². The van der Waals surface area contributed by atoms with Crippen LogP contribution in [-0.4, -0.2) is 10.9 Å². The Balaban J connectivity index is 2.28. The Labute approximate surface area is 117 Å². The van der Waals surface area contributed by atoms with Gasteiger partial charge in [-0.25, -0.2) is 4.98 Å². The quantitative estimate of drug-likeness (QED) is 0.939. The summed E-state index contributed by atoms with van der Waals surface area (Å²) in [6, 6.07) is 8.16. The fraction of sp³-hybridized carbons (Fsp3) is 0. The number of rotatable bonds is 3. The Morgan fingerprint density at radius 1 is 1.39 bits per heavy atom. The molecule has 0 atom stereocenters. The minimum absolute atomic E-state index is 0.265. The number of nitrogens with zero attached hydrogens (tertiary/aromatic N) is 1. The fourth-order valence-corrected chi connectivity index (χ4v) is 1.97. The Morgan fingerprint density at radius 3 is 2.83 bits per heavy atom. The molecule has 0 saturated carbocycles. The largest absolute Gasteiger partial charge is 0.438 e. The molecule has 0 aliphatic carbocycles. The molecule has 2 aromatic rings. The lowest BCUT2D eigenvalue weighted by atomic mass is 10.2. The van der Waals surface area contributed by atoms with E-state index in [1.807, 2.05) is 0 Å². The van der Waals surface area contributed by atoms with E-state index in [1.54, 1.807) is 30.5 Å². The molecule has 0 saturated heterocycles. The van der Waals surface area contributed by atoms with Crippen LogP contribution in [0.1, 0.15) is 10.4 Å². The van der Waals surface area contributed by atoms with Gasteiger partial charge in [-0.1, -0.05) is 17.7 Å². The van der Waals surface area contributed by atoms with Crippen LogP contribution in [0.5, 0.6) is 11.6 Å². The standard InChI is InChI=1S/C12H8BrClN2O2/c13-8-5-10(14)12(16-6-8)18-9-3-1-2-7(4-9)11(15)17/h1-6H,(H2,15,17). The smallest absolute Gasteiger partial charge is 0.248 e. The Kier molecular flexibility index (Phi) is 3.84. The molecule has 4 nitrogen and oxygen atoms in total. The van der Waals surface area contributed by atoms with Crippen molar-refractivity contribution in [1.82, 2.24) is 4.98 Å². The van der Waals surface area contributed by atoms with Gasteiger partial charge in [0.05, 0.1) is 0 Å². The zero-order valence-corrected chi connectivity index (χ0v) is 11.4. The van der Waals surface area contributed by atoms with Crippen molar-refractivity contribution in [3.05, 3.63) is 51.6 Å². The van der Waals surface area contributed by atoms with Crippen LogP contribution in [0.25, 0.3) is 0 Å². The highest BCUT2D eigenvalue weighted by Crippen LogP contribution is 2.29. The van der Waals surface area contributed by atoms with Gasteiger partial charge in [-0.05, 0) is 40.2 Å².